The van der Waals surface area contributed by atoms with E-state index < -0.39 is 0 Å². The number of aromatic nitrogens is 1. The molecule has 1 N–H and O–H groups in total. The Bertz CT molecular complexity index is 407. The van der Waals surface area contributed by atoms with E-state index in [4.69, 9.17) is 4.74 Å². The molecule has 0 radical (unpaired) electrons. The standard InChI is InChI=1S/C13H20N2O2/c1-9-6-14-12(10(2)13(9)17-3)8-15-5-4-11(16)7-15/h6,11,16H,4-5,7-8H2,1-3H3/t11-/m1/s1. The molecule has 0 saturated carbocycles. The molecule has 0 spiro atoms. The molecular formula is C13H20N2O2. The van der Waals surface area contributed by atoms with Gasteiger partial charge in [0, 0.05) is 37.0 Å². The maximum atomic E-state index is 9.51. The zero-order valence-electron chi connectivity index (χ0n) is 10.7. The summed E-state index contributed by atoms with van der Waals surface area (Å²) in [7, 11) is 1.69. The van der Waals surface area contributed by atoms with Crippen molar-refractivity contribution in [3.8, 4) is 5.75 Å². The summed E-state index contributed by atoms with van der Waals surface area (Å²) in [6, 6.07) is 0. The van der Waals surface area contributed by atoms with Crippen molar-refractivity contribution in [3.05, 3.63) is 23.0 Å². The van der Waals surface area contributed by atoms with Gasteiger partial charge in [0.05, 0.1) is 18.9 Å². The van der Waals surface area contributed by atoms with Crippen molar-refractivity contribution in [2.24, 2.45) is 0 Å². The van der Waals surface area contributed by atoms with Crippen molar-refractivity contribution < 1.29 is 9.84 Å². The molecule has 4 nitrogen and oxygen atoms in total. The van der Waals surface area contributed by atoms with Crippen LogP contribution in [0.5, 0.6) is 5.75 Å². The minimum absolute atomic E-state index is 0.178. The van der Waals surface area contributed by atoms with Crippen molar-refractivity contribution in [3.63, 3.8) is 0 Å². The molecule has 1 atom stereocenters. The molecular weight excluding hydrogens is 216 g/mol. The van der Waals surface area contributed by atoms with Crippen LogP contribution >= 0.6 is 0 Å². The summed E-state index contributed by atoms with van der Waals surface area (Å²) in [5.41, 5.74) is 3.21. The number of aliphatic hydroxyl groups is 1. The Labute approximate surface area is 102 Å². The molecule has 0 unspecified atom stereocenters. The number of hydrogen-bond donors (Lipinski definition) is 1. The summed E-state index contributed by atoms with van der Waals surface area (Å²) >= 11 is 0. The SMILES string of the molecule is COc1c(C)cnc(CN2CC[C@@H](O)C2)c1C. The van der Waals surface area contributed by atoms with Crippen LogP contribution in [0.25, 0.3) is 0 Å². The second kappa shape index (κ2) is 5.02. The molecule has 0 bridgehead atoms. The van der Waals surface area contributed by atoms with Gasteiger partial charge < -0.3 is 9.84 Å². The third kappa shape index (κ3) is 2.58. The monoisotopic (exact) mass is 236 g/mol. The number of aliphatic hydroxyl groups excluding tert-OH is 1. The van der Waals surface area contributed by atoms with Crippen LogP contribution in [0.3, 0.4) is 0 Å². The van der Waals surface area contributed by atoms with Gasteiger partial charge in [-0.15, -0.1) is 0 Å². The molecule has 1 aliphatic rings. The highest BCUT2D eigenvalue weighted by molar-refractivity contribution is 5.41. The molecule has 0 aromatic carbocycles. The molecule has 2 rings (SSSR count). The fraction of sp³-hybridized carbons (Fsp3) is 0.615. The van der Waals surface area contributed by atoms with E-state index in [0.29, 0.717) is 0 Å². The van der Waals surface area contributed by atoms with Gasteiger partial charge in [-0.3, -0.25) is 9.88 Å². The van der Waals surface area contributed by atoms with E-state index in [-0.39, 0.29) is 6.10 Å². The molecule has 2 heterocycles. The highest BCUT2D eigenvalue weighted by Gasteiger charge is 2.21. The molecule has 17 heavy (non-hydrogen) atoms. The minimum Gasteiger partial charge on any atom is -0.496 e. The minimum atomic E-state index is -0.178. The van der Waals surface area contributed by atoms with Gasteiger partial charge in [0.15, 0.2) is 0 Å². The van der Waals surface area contributed by atoms with Crippen molar-refractivity contribution in [2.45, 2.75) is 32.9 Å². The predicted octanol–water partition coefficient (Wildman–Crippen LogP) is 1.27. The lowest BCUT2D eigenvalue weighted by molar-refractivity contribution is 0.174. The van der Waals surface area contributed by atoms with E-state index in [1.807, 2.05) is 20.0 Å². The summed E-state index contributed by atoms with van der Waals surface area (Å²) in [6.45, 7) is 6.53. The van der Waals surface area contributed by atoms with Crippen molar-refractivity contribution in [1.29, 1.82) is 0 Å². The number of pyridine rings is 1. The molecule has 1 aliphatic heterocycles. The first kappa shape index (κ1) is 12.3. The first-order valence-electron chi connectivity index (χ1n) is 6.01. The fourth-order valence-electron chi connectivity index (χ4n) is 2.40. The van der Waals surface area contributed by atoms with Crippen molar-refractivity contribution in [2.75, 3.05) is 20.2 Å². The van der Waals surface area contributed by atoms with E-state index in [1.54, 1.807) is 7.11 Å². The van der Waals surface area contributed by atoms with Gasteiger partial charge in [-0.25, -0.2) is 0 Å². The zero-order valence-corrected chi connectivity index (χ0v) is 10.7. The lowest BCUT2D eigenvalue weighted by atomic mass is 10.1. The Morgan fingerprint density at radius 2 is 2.29 bits per heavy atom. The first-order valence-corrected chi connectivity index (χ1v) is 6.01. The number of rotatable bonds is 3. The van der Waals surface area contributed by atoms with Crippen LogP contribution in [0.2, 0.25) is 0 Å². The molecule has 94 valence electrons. The van der Waals surface area contributed by atoms with E-state index in [9.17, 15) is 5.11 Å². The zero-order chi connectivity index (χ0) is 12.4. The first-order chi connectivity index (χ1) is 8.11. The third-order valence-corrected chi connectivity index (χ3v) is 3.37. The quantitative estimate of drug-likeness (QED) is 0.858. The van der Waals surface area contributed by atoms with Crippen LogP contribution in [0.4, 0.5) is 0 Å². The number of ether oxygens (including phenoxy) is 1. The van der Waals surface area contributed by atoms with Crippen LogP contribution < -0.4 is 4.74 Å². The van der Waals surface area contributed by atoms with Gasteiger partial charge in [0.25, 0.3) is 0 Å². The summed E-state index contributed by atoms with van der Waals surface area (Å²) in [4.78, 5) is 6.70. The molecule has 1 aromatic heterocycles. The normalized spacial score (nSPS) is 20.8. The van der Waals surface area contributed by atoms with Crippen LogP contribution in [0, 0.1) is 13.8 Å². The van der Waals surface area contributed by atoms with Gasteiger partial charge in [-0.2, -0.15) is 0 Å². The van der Waals surface area contributed by atoms with Gasteiger partial charge >= 0.3 is 0 Å². The number of aryl methyl sites for hydroxylation is 1. The molecule has 4 heteroatoms. The Kier molecular flexibility index (Phi) is 3.64. The highest BCUT2D eigenvalue weighted by Crippen LogP contribution is 2.25. The lowest BCUT2D eigenvalue weighted by Gasteiger charge is -2.17. The maximum Gasteiger partial charge on any atom is 0.128 e. The summed E-state index contributed by atoms with van der Waals surface area (Å²) in [6.07, 6.45) is 2.54. The second-order valence-corrected chi connectivity index (χ2v) is 4.72. The van der Waals surface area contributed by atoms with Crippen LogP contribution in [-0.2, 0) is 6.54 Å². The van der Waals surface area contributed by atoms with E-state index in [0.717, 1.165) is 48.6 Å². The Balaban J connectivity index is 2.16. The van der Waals surface area contributed by atoms with E-state index in [2.05, 4.69) is 9.88 Å². The Morgan fingerprint density at radius 1 is 1.53 bits per heavy atom. The summed E-state index contributed by atoms with van der Waals surface area (Å²) < 4.78 is 5.39. The smallest absolute Gasteiger partial charge is 0.128 e. The maximum absolute atomic E-state index is 9.51. The number of likely N-dealkylation sites (tertiary alicyclic amines) is 1. The van der Waals surface area contributed by atoms with Crippen LogP contribution in [0.1, 0.15) is 23.2 Å². The summed E-state index contributed by atoms with van der Waals surface area (Å²) in [5, 5.41) is 9.51. The van der Waals surface area contributed by atoms with Crippen LogP contribution in [0.15, 0.2) is 6.20 Å². The van der Waals surface area contributed by atoms with Crippen molar-refractivity contribution >= 4 is 0 Å². The van der Waals surface area contributed by atoms with Gasteiger partial charge in [-0.05, 0) is 20.3 Å². The van der Waals surface area contributed by atoms with Gasteiger partial charge in [0.1, 0.15) is 5.75 Å². The number of methoxy groups -OCH3 is 1. The average molecular weight is 236 g/mol. The number of hydrogen-bond acceptors (Lipinski definition) is 4. The largest absolute Gasteiger partial charge is 0.496 e. The fourth-order valence-corrected chi connectivity index (χ4v) is 2.40. The predicted molar refractivity (Wildman–Crippen MR) is 66.2 cm³/mol. The van der Waals surface area contributed by atoms with E-state index >= 15 is 0 Å². The van der Waals surface area contributed by atoms with Gasteiger partial charge in [-0.1, -0.05) is 0 Å². The van der Waals surface area contributed by atoms with Gasteiger partial charge in [0.2, 0.25) is 0 Å². The van der Waals surface area contributed by atoms with Crippen molar-refractivity contribution in [1.82, 2.24) is 9.88 Å². The molecule has 0 amide bonds. The second-order valence-electron chi connectivity index (χ2n) is 4.72. The molecule has 1 saturated heterocycles. The van der Waals surface area contributed by atoms with E-state index in [1.165, 1.54) is 0 Å². The third-order valence-electron chi connectivity index (χ3n) is 3.37. The lowest BCUT2D eigenvalue weighted by Crippen LogP contribution is -2.22. The highest BCUT2D eigenvalue weighted by atomic mass is 16.5. The number of nitrogens with zero attached hydrogens (tertiary/aromatic N) is 2. The molecule has 0 aliphatic carbocycles. The Morgan fingerprint density at radius 3 is 2.88 bits per heavy atom. The van der Waals surface area contributed by atoms with Crippen LogP contribution in [-0.4, -0.2) is 41.3 Å². The average Bonchev–Trinajstić information content (AvgIpc) is 2.69. The number of β-amino-alcohol motifs (C(OH)–C–C–N with tert-alkyl or cyclic N) is 1. The summed E-state index contributed by atoms with van der Waals surface area (Å²) in [5.74, 6) is 0.926. The topological polar surface area (TPSA) is 45.6 Å². The molecule has 1 fully saturated rings. The molecule has 1 aromatic rings. The Hall–Kier alpha value is -1.13.